The Morgan fingerprint density at radius 2 is 1.53 bits per heavy atom. The third-order valence-electron chi connectivity index (χ3n) is 5.76. The second kappa shape index (κ2) is 17.5. The molecule has 2 aromatic carbocycles. The van der Waals surface area contributed by atoms with Gasteiger partial charge in [-0.25, -0.2) is 4.79 Å². The molecule has 1 amide bonds. The van der Waals surface area contributed by atoms with Gasteiger partial charge in [0.2, 0.25) is 5.91 Å². The summed E-state index contributed by atoms with van der Waals surface area (Å²) >= 11 is 0. The molecule has 2 rings (SSSR count). The zero-order valence-electron chi connectivity index (χ0n) is 23.3. The van der Waals surface area contributed by atoms with Crippen LogP contribution in [0.1, 0.15) is 55.1 Å². The second-order valence-corrected chi connectivity index (χ2v) is 9.07. The number of hydrogen-bond donors (Lipinski definition) is 2. The van der Waals surface area contributed by atoms with Crippen molar-refractivity contribution < 1.29 is 14.3 Å². The van der Waals surface area contributed by atoms with E-state index in [1.165, 1.54) is 6.42 Å². The fourth-order valence-electron chi connectivity index (χ4n) is 3.38. The molecule has 0 saturated heterocycles. The summed E-state index contributed by atoms with van der Waals surface area (Å²) in [6, 6.07) is 13.5. The maximum absolute atomic E-state index is 11.9. The molecule has 36 heavy (non-hydrogen) atoms. The van der Waals surface area contributed by atoms with Gasteiger partial charge in [0.05, 0.1) is 12.1 Å². The molecule has 0 saturated carbocycles. The Bertz CT molecular complexity index is 889. The predicted octanol–water partition coefficient (Wildman–Crippen LogP) is 5.20. The van der Waals surface area contributed by atoms with Crippen LogP contribution < -0.4 is 10.6 Å². The van der Waals surface area contributed by atoms with Crippen LogP contribution in [0.3, 0.4) is 0 Å². The van der Waals surface area contributed by atoms with Crippen LogP contribution in [0.4, 0.5) is 11.4 Å². The molecule has 2 aromatic rings. The molecular weight excluding hydrogens is 452 g/mol. The van der Waals surface area contributed by atoms with E-state index in [0.717, 1.165) is 55.1 Å². The number of carbonyl (C=O) groups is 2. The molecule has 0 spiro atoms. The van der Waals surface area contributed by atoms with Gasteiger partial charge >= 0.3 is 5.97 Å². The smallest absolute Gasteiger partial charge is 0.338 e. The third-order valence-corrected chi connectivity index (χ3v) is 5.76. The highest BCUT2D eigenvalue weighted by atomic mass is 16.5. The summed E-state index contributed by atoms with van der Waals surface area (Å²) in [6.45, 7) is 14.7. The van der Waals surface area contributed by atoms with E-state index in [1.807, 2.05) is 63.2 Å². The Balaban J connectivity index is 0.000000362. The molecule has 0 aromatic heterocycles. The van der Waals surface area contributed by atoms with Crippen LogP contribution in [0.25, 0.3) is 0 Å². The van der Waals surface area contributed by atoms with E-state index in [4.69, 9.17) is 4.74 Å². The summed E-state index contributed by atoms with van der Waals surface area (Å²) in [6.07, 6.45) is 2.32. The zero-order valence-corrected chi connectivity index (χ0v) is 23.3. The Hall–Kier alpha value is -2.90. The number of unbranched alkanes of at least 4 members (excludes halogenated alkanes) is 1. The monoisotopic (exact) mass is 498 g/mol. The summed E-state index contributed by atoms with van der Waals surface area (Å²) in [7, 11) is 3.90. The van der Waals surface area contributed by atoms with Gasteiger partial charge in [-0.2, -0.15) is 0 Å². The van der Waals surface area contributed by atoms with Gasteiger partial charge in [0.15, 0.2) is 0 Å². The number of amides is 1. The predicted molar refractivity (Wildman–Crippen MR) is 151 cm³/mol. The molecule has 0 aliphatic heterocycles. The molecule has 0 heterocycles. The Kier molecular flexibility index (Phi) is 15.1. The van der Waals surface area contributed by atoms with E-state index in [9.17, 15) is 9.59 Å². The Morgan fingerprint density at radius 1 is 0.917 bits per heavy atom. The lowest BCUT2D eigenvalue weighted by Gasteiger charge is -2.18. The van der Waals surface area contributed by atoms with Gasteiger partial charge in [0.1, 0.15) is 6.61 Å². The van der Waals surface area contributed by atoms with Crippen LogP contribution in [0, 0.1) is 13.8 Å². The topological polar surface area (TPSA) is 73.9 Å². The van der Waals surface area contributed by atoms with Crippen molar-refractivity contribution in [3.8, 4) is 0 Å². The molecule has 7 heteroatoms. The summed E-state index contributed by atoms with van der Waals surface area (Å²) in [5.74, 6) is -0.201. The number of benzene rings is 2. The summed E-state index contributed by atoms with van der Waals surface area (Å²) in [5, 5.41) is 6.31. The molecule has 2 N–H and O–H groups in total. The van der Waals surface area contributed by atoms with Gasteiger partial charge in [0, 0.05) is 24.5 Å². The quantitative estimate of drug-likeness (QED) is 0.292. The van der Waals surface area contributed by atoms with Crippen molar-refractivity contribution in [1.29, 1.82) is 0 Å². The van der Waals surface area contributed by atoms with Crippen molar-refractivity contribution >= 4 is 23.3 Å². The van der Waals surface area contributed by atoms with E-state index in [0.29, 0.717) is 18.7 Å². The Morgan fingerprint density at radius 3 is 2.06 bits per heavy atom. The van der Waals surface area contributed by atoms with E-state index in [1.54, 1.807) is 12.1 Å². The van der Waals surface area contributed by atoms with Gasteiger partial charge < -0.3 is 20.3 Å². The van der Waals surface area contributed by atoms with Crippen LogP contribution in [-0.4, -0.2) is 75.1 Å². The van der Waals surface area contributed by atoms with E-state index < -0.39 is 0 Å². The van der Waals surface area contributed by atoms with Crippen molar-refractivity contribution in [1.82, 2.24) is 9.80 Å². The van der Waals surface area contributed by atoms with Gasteiger partial charge in [-0.3, -0.25) is 9.69 Å². The standard InChI is InChI=1S/C15H24N2O2.C14H22N2O/c1-4-5-10-16-14-8-6-13(7-9-14)15(18)19-12-11-17(2)3;1-5-16(6-2)10-13(17)15-14-11(3)8-7-9-12(14)4/h6-9,16H,4-5,10-12H2,1-3H3;7-9H,5-6,10H2,1-4H3,(H,15,17). The number of esters is 1. The van der Waals surface area contributed by atoms with Crippen LogP contribution in [-0.2, 0) is 9.53 Å². The zero-order chi connectivity index (χ0) is 26.9. The number of rotatable bonds is 13. The highest BCUT2D eigenvalue weighted by Crippen LogP contribution is 2.19. The number of carbonyl (C=O) groups excluding carboxylic acids is 2. The number of aryl methyl sites for hydroxylation is 2. The van der Waals surface area contributed by atoms with Gasteiger partial charge in [0.25, 0.3) is 0 Å². The fourth-order valence-corrected chi connectivity index (χ4v) is 3.38. The average Bonchev–Trinajstić information content (AvgIpc) is 2.85. The van der Waals surface area contributed by atoms with Crippen molar-refractivity contribution in [2.24, 2.45) is 0 Å². The second-order valence-electron chi connectivity index (χ2n) is 9.07. The molecular formula is C29H46N4O3. The van der Waals surface area contributed by atoms with Crippen LogP contribution in [0.5, 0.6) is 0 Å². The molecule has 0 unspecified atom stereocenters. The number of para-hydroxylation sites is 1. The lowest BCUT2D eigenvalue weighted by Crippen LogP contribution is -2.33. The van der Waals surface area contributed by atoms with E-state index >= 15 is 0 Å². The van der Waals surface area contributed by atoms with Crippen LogP contribution in [0.2, 0.25) is 0 Å². The Labute approximate surface area is 218 Å². The molecule has 200 valence electrons. The molecule has 0 radical (unpaired) electrons. The van der Waals surface area contributed by atoms with Crippen molar-refractivity contribution in [3.63, 3.8) is 0 Å². The molecule has 7 nitrogen and oxygen atoms in total. The average molecular weight is 499 g/mol. The maximum atomic E-state index is 11.9. The van der Waals surface area contributed by atoms with Gasteiger partial charge in [-0.15, -0.1) is 0 Å². The number of ether oxygens (including phenoxy) is 1. The normalized spacial score (nSPS) is 10.6. The van der Waals surface area contributed by atoms with Gasteiger partial charge in [-0.05, 0) is 82.8 Å². The first kappa shape index (κ1) is 31.1. The number of anilines is 2. The molecule has 0 bridgehead atoms. The number of hydrogen-bond acceptors (Lipinski definition) is 6. The first-order valence-corrected chi connectivity index (χ1v) is 13.0. The third kappa shape index (κ3) is 12.2. The van der Waals surface area contributed by atoms with Crippen LogP contribution >= 0.6 is 0 Å². The number of nitrogens with one attached hydrogen (secondary N) is 2. The van der Waals surface area contributed by atoms with E-state index in [2.05, 4.69) is 36.3 Å². The summed E-state index contributed by atoms with van der Waals surface area (Å²) in [4.78, 5) is 27.7. The molecule has 0 aliphatic carbocycles. The minimum absolute atomic E-state index is 0.0612. The van der Waals surface area contributed by atoms with Crippen molar-refractivity contribution in [3.05, 3.63) is 59.2 Å². The molecule has 0 aliphatic rings. The number of nitrogens with zero attached hydrogens (tertiary/aromatic N) is 2. The largest absolute Gasteiger partial charge is 0.461 e. The minimum Gasteiger partial charge on any atom is -0.461 e. The molecule has 0 fully saturated rings. The SMILES string of the molecule is CCCCNc1ccc(C(=O)OCCN(C)C)cc1.CCN(CC)CC(=O)Nc1c(C)cccc1C. The first-order valence-electron chi connectivity index (χ1n) is 13.0. The first-order chi connectivity index (χ1) is 17.2. The maximum Gasteiger partial charge on any atom is 0.338 e. The van der Waals surface area contributed by atoms with E-state index in [-0.39, 0.29) is 11.9 Å². The number of likely N-dealkylation sites (N-methyl/N-ethyl adjacent to an activating group) is 2. The summed E-state index contributed by atoms with van der Waals surface area (Å²) in [5.41, 5.74) is 4.80. The molecule has 0 atom stereocenters. The highest BCUT2D eigenvalue weighted by Gasteiger charge is 2.10. The lowest BCUT2D eigenvalue weighted by atomic mass is 10.1. The minimum atomic E-state index is -0.262. The summed E-state index contributed by atoms with van der Waals surface area (Å²) < 4.78 is 5.18. The highest BCUT2D eigenvalue weighted by molar-refractivity contribution is 5.93. The van der Waals surface area contributed by atoms with Gasteiger partial charge in [-0.1, -0.05) is 45.4 Å². The van der Waals surface area contributed by atoms with Crippen LogP contribution in [0.15, 0.2) is 42.5 Å². The fraction of sp³-hybridized carbons (Fsp3) is 0.517. The van der Waals surface area contributed by atoms with Crippen molar-refractivity contribution in [2.45, 2.75) is 47.5 Å². The van der Waals surface area contributed by atoms with Crippen molar-refractivity contribution in [2.75, 3.05) is 64.1 Å². The lowest BCUT2D eigenvalue weighted by molar-refractivity contribution is -0.117.